The zero-order valence-electron chi connectivity index (χ0n) is 15.9. The maximum Gasteiger partial charge on any atom is 0.317 e. The van der Waals surface area contributed by atoms with Gasteiger partial charge in [0.1, 0.15) is 5.75 Å². The molecule has 0 aliphatic heterocycles. The van der Waals surface area contributed by atoms with Crippen molar-refractivity contribution in [2.24, 2.45) is 0 Å². The molecule has 2 N–H and O–H groups in total. The summed E-state index contributed by atoms with van der Waals surface area (Å²) >= 11 is 0. The Morgan fingerprint density at radius 3 is 2.27 bits per heavy atom. The van der Waals surface area contributed by atoms with Crippen molar-refractivity contribution < 1.29 is 9.90 Å². The van der Waals surface area contributed by atoms with Crippen LogP contribution in [0.3, 0.4) is 0 Å². The van der Waals surface area contributed by atoms with Crippen molar-refractivity contribution in [2.75, 3.05) is 34.2 Å². The van der Waals surface area contributed by atoms with Gasteiger partial charge in [-0.3, -0.25) is 0 Å². The van der Waals surface area contributed by atoms with Gasteiger partial charge in [0.2, 0.25) is 0 Å². The highest BCUT2D eigenvalue weighted by molar-refractivity contribution is 5.73. The van der Waals surface area contributed by atoms with Crippen LogP contribution in [-0.4, -0.2) is 61.2 Å². The second-order valence-corrected chi connectivity index (χ2v) is 6.83. The molecule has 26 heavy (non-hydrogen) atoms. The number of phenolic OH excluding ortho intramolecular Hbond substituents is 1. The molecule has 0 saturated heterocycles. The van der Waals surface area contributed by atoms with Crippen LogP contribution in [0, 0.1) is 0 Å². The predicted octanol–water partition coefficient (Wildman–Crippen LogP) is 2.75. The number of likely N-dealkylation sites (N-methyl/N-ethyl adjacent to an activating group) is 2. The van der Waals surface area contributed by atoms with E-state index in [1.807, 2.05) is 51.5 Å². The van der Waals surface area contributed by atoms with E-state index in [-0.39, 0.29) is 17.8 Å². The Morgan fingerprint density at radius 1 is 1.00 bits per heavy atom. The topological polar surface area (TPSA) is 55.8 Å². The Morgan fingerprint density at radius 2 is 1.65 bits per heavy atom. The Bertz CT molecular complexity index is 671. The average molecular weight is 355 g/mol. The van der Waals surface area contributed by atoms with Crippen LogP contribution in [0.2, 0.25) is 0 Å². The van der Waals surface area contributed by atoms with E-state index >= 15 is 0 Å². The number of amides is 2. The first-order valence-electron chi connectivity index (χ1n) is 8.93. The average Bonchev–Trinajstić information content (AvgIpc) is 2.65. The molecule has 2 rings (SSSR count). The minimum atomic E-state index is -0.0570. The number of rotatable bonds is 8. The number of carbonyl (C=O) groups is 1. The molecule has 2 aromatic carbocycles. The lowest BCUT2D eigenvalue weighted by Crippen LogP contribution is -2.46. The molecule has 0 radical (unpaired) electrons. The summed E-state index contributed by atoms with van der Waals surface area (Å²) in [7, 11) is 5.84. The number of hydrogen-bond acceptors (Lipinski definition) is 3. The zero-order valence-corrected chi connectivity index (χ0v) is 15.9. The number of phenols is 1. The largest absolute Gasteiger partial charge is 0.508 e. The molecule has 2 aromatic rings. The molecule has 0 bridgehead atoms. The van der Waals surface area contributed by atoms with E-state index in [2.05, 4.69) is 22.3 Å². The van der Waals surface area contributed by atoms with E-state index < -0.39 is 0 Å². The van der Waals surface area contributed by atoms with Gasteiger partial charge in [0.15, 0.2) is 0 Å². The molecule has 0 aliphatic rings. The quantitative estimate of drug-likeness (QED) is 0.766. The molecule has 5 nitrogen and oxygen atoms in total. The molecule has 0 aromatic heterocycles. The van der Waals surface area contributed by atoms with Crippen LogP contribution in [0.4, 0.5) is 4.79 Å². The summed E-state index contributed by atoms with van der Waals surface area (Å²) in [6.07, 6.45) is 1.65. The predicted molar refractivity (Wildman–Crippen MR) is 105 cm³/mol. The first-order chi connectivity index (χ1) is 12.5. The van der Waals surface area contributed by atoms with Gasteiger partial charge in [-0.15, -0.1) is 0 Å². The molecular weight excluding hydrogens is 326 g/mol. The highest BCUT2D eigenvalue weighted by Gasteiger charge is 2.15. The van der Waals surface area contributed by atoms with Gasteiger partial charge in [0, 0.05) is 26.2 Å². The van der Waals surface area contributed by atoms with Crippen molar-refractivity contribution in [3.8, 4) is 5.75 Å². The third-order valence-corrected chi connectivity index (χ3v) is 4.55. The van der Waals surface area contributed by atoms with Gasteiger partial charge in [0.25, 0.3) is 0 Å². The molecule has 1 unspecified atom stereocenters. The van der Waals surface area contributed by atoms with E-state index in [1.54, 1.807) is 17.0 Å². The molecule has 0 heterocycles. The summed E-state index contributed by atoms with van der Waals surface area (Å²) in [6, 6.07) is 17.5. The van der Waals surface area contributed by atoms with Gasteiger partial charge in [-0.05, 0) is 50.2 Å². The van der Waals surface area contributed by atoms with E-state index in [1.165, 1.54) is 5.56 Å². The van der Waals surface area contributed by atoms with Gasteiger partial charge >= 0.3 is 6.03 Å². The van der Waals surface area contributed by atoms with E-state index in [0.717, 1.165) is 18.4 Å². The first-order valence-corrected chi connectivity index (χ1v) is 8.93. The second kappa shape index (κ2) is 9.82. The van der Waals surface area contributed by atoms with Gasteiger partial charge in [-0.1, -0.05) is 42.5 Å². The van der Waals surface area contributed by atoms with Gasteiger partial charge in [-0.25, -0.2) is 4.79 Å². The fourth-order valence-electron chi connectivity index (χ4n) is 2.72. The molecule has 0 spiro atoms. The zero-order chi connectivity index (χ0) is 18.9. The van der Waals surface area contributed by atoms with Gasteiger partial charge in [0.05, 0.1) is 0 Å². The molecule has 0 aliphatic carbocycles. The number of nitrogens with one attached hydrogen (secondary N) is 1. The SMILES string of the molecule is CN(CCc1ccccc1)C(=O)NCC(Cc1ccc(O)cc1)N(C)C. The lowest BCUT2D eigenvalue weighted by Gasteiger charge is -2.26. The maximum atomic E-state index is 12.4. The van der Waals surface area contributed by atoms with Crippen LogP contribution in [0.15, 0.2) is 54.6 Å². The Hall–Kier alpha value is -2.53. The van der Waals surface area contributed by atoms with Crippen LogP contribution >= 0.6 is 0 Å². The highest BCUT2D eigenvalue weighted by Crippen LogP contribution is 2.12. The standard InChI is InChI=1S/C21H29N3O2/c1-23(2)19(15-18-9-11-20(25)12-10-18)16-22-21(26)24(3)14-13-17-7-5-4-6-8-17/h4-12,19,25H,13-16H2,1-3H3,(H,22,26). The minimum Gasteiger partial charge on any atom is -0.508 e. The Balaban J connectivity index is 1.81. The van der Waals surface area contributed by atoms with Crippen LogP contribution in [-0.2, 0) is 12.8 Å². The highest BCUT2D eigenvalue weighted by atomic mass is 16.3. The van der Waals surface area contributed by atoms with Gasteiger partial charge < -0.3 is 20.2 Å². The van der Waals surface area contributed by atoms with Crippen molar-refractivity contribution in [1.82, 2.24) is 15.1 Å². The van der Waals surface area contributed by atoms with Crippen molar-refractivity contribution in [1.29, 1.82) is 0 Å². The van der Waals surface area contributed by atoms with Gasteiger partial charge in [-0.2, -0.15) is 0 Å². The third kappa shape index (κ3) is 6.41. The van der Waals surface area contributed by atoms with Crippen LogP contribution in [0.25, 0.3) is 0 Å². The number of carbonyl (C=O) groups excluding carboxylic acids is 1. The molecule has 0 fully saturated rings. The summed E-state index contributed by atoms with van der Waals surface area (Å²) in [5.74, 6) is 0.267. The van der Waals surface area contributed by atoms with Crippen molar-refractivity contribution in [3.05, 3.63) is 65.7 Å². The van der Waals surface area contributed by atoms with Crippen LogP contribution in [0.1, 0.15) is 11.1 Å². The monoisotopic (exact) mass is 355 g/mol. The molecule has 140 valence electrons. The summed E-state index contributed by atoms with van der Waals surface area (Å²) in [5.41, 5.74) is 2.36. The van der Waals surface area contributed by atoms with Crippen molar-refractivity contribution in [3.63, 3.8) is 0 Å². The lowest BCUT2D eigenvalue weighted by atomic mass is 10.0. The van der Waals surface area contributed by atoms with E-state index in [4.69, 9.17) is 0 Å². The van der Waals surface area contributed by atoms with Crippen LogP contribution < -0.4 is 5.32 Å². The number of nitrogens with zero attached hydrogens (tertiary/aromatic N) is 2. The fourth-order valence-corrected chi connectivity index (χ4v) is 2.72. The normalized spacial score (nSPS) is 12.0. The maximum absolute atomic E-state index is 12.4. The van der Waals surface area contributed by atoms with Crippen LogP contribution in [0.5, 0.6) is 5.75 Å². The summed E-state index contributed by atoms with van der Waals surface area (Å²) < 4.78 is 0. The number of benzene rings is 2. The van der Waals surface area contributed by atoms with Crippen molar-refractivity contribution in [2.45, 2.75) is 18.9 Å². The minimum absolute atomic E-state index is 0.0570. The number of hydrogen-bond donors (Lipinski definition) is 2. The third-order valence-electron chi connectivity index (χ3n) is 4.55. The first kappa shape index (κ1) is 19.8. The number of aromatic hydroxyl groups is 1. The number of urea groups is 1. The second-order valence-electron chi connectivity index (χ2n) is 6.83. The Labute approximate surface area is 156 Å². The Kier molecular flexibility index (Phi) is 7.48. The molecule has 0 saturated carbocycles. The van der Waals surface area contributed by atoms with Crippen molar-refractivity contribution >= 4 is 6.03 Å². The molecule has 2 amide bonds. The molecule has 5 heteroatoms. The van der Waals surface area contributed by atoms with E-state index in [0.29, 0.717) is 13.1 Å². The molecule has 1 atom stereocenters. The van der Waals surface area contributed by atoms with E-state index in [9.17, 15) is 9.90 Å². The summed E-state index contributed by atoms with van der Waals surface area (Å²) in [6.45, 7) is 1.25. The summed E-state index contributed by atoms with van der Waals surface area (Å²) in [4.78, 5) is 16.2. The summed E-state index contributed by atoms with van der Waals surface area (Å²) in [5, 5.41) is 12.4. The molecular formula is C21H29N3O2. The smallest absolute Gasteiger partial charge is 0.317 e. The fraction of sp³-hybridized carbons (Fsp3) is 0.381. The lowest BCUT2D eigenvalue weighted by molar-refractivity contribution is 0.202.